The standard InChI is InChI=1S/C16H22N2O/c1-19-15-11-14(12-17-13-15)5-2-6-16-7-3-9-18(16)10-4-8-16/h2,5,11-13H,3-4,6-10H2,1H3. The number of hydrogen-bond donors (Lipinski definition) is 0. The molecule has 0 atom stereocenters. The lowest BCUT2D eigenvalue weighted by molar-refractivity contribution is 0.198. The predicted molar refractivity (Wildman–Crippen MR) is 77.2 cm³/mol. The number of methoxy groups -OCH3 is 1. The van der Waals surface area contributed by atoms with Gasteiger partial charge >= 0.3 is 0 Å². The van der Waals surface area contributed by atoms with Crippen molar-refractivity contribution in [3.05, 3.63) is 30.1 Å². The molecule has 3 heterocycles. The Morgan fingerprint density at radius 3 is 2.84 bits per heavy atom. The molecule has 2 saturated heterocycles. The lowest BCUT2D eigenvalue weighted by atomic mass is 9.90. The molecule has 0 N–H and O–H groups in total. The number of nitrogens with zero attached hydrogens (tertiary/aromatic N) is 2. The molecular weight excluding hydrogens is 236 g/mol. The first-order chi connectivity index (χ1) is 9.32. The summed E-state index contributed by atoms with van der Waals surface area (Å²) < 4.78 is 5.20. The molecule has 0 aromatic carbocycles. The molecule has 1 aromatic heterocycles. The minimum atomic E-state index is 0.475. The van der Waals surface area contributed by atoms with Crippen molar-refractivity contribution in [2.45, 2.75) is 37.6 Å². The van der Waals surface area contributed by atoms with Gasteiger partial charge in [0.25, 0.3) is 0 Å². The van der Waals surface area contributed by atoms with Gasteiger partial charge in [-0.25, -0.2) is 0 Å². The van der Waals surface area contributed by atoms with Crippen LogP contribution in [0.1, 0.15) is 37.7 Å². The highest BCUT2D eigenvalue weighted by Crippen LogP contribution is 2.41. The predicted octanol–water partition coefficient (Wildman–Crippen LogP) is 3.12. The van der Waals surface area contributed by atoms with Gasteiger partial charge in [0.2, 0.25) is 0 Å². The van der Waals surface area contributed by atoms with Crippen molar-refractivity contribution < 1.29 is 4.74 Å². The fourth-order valence-corrected chi connectivity index (χ4v) is 3.61. The number of rotatable bonds is 4. The van der Waals surface area contributed by atoms with Crippen molar-refractivity contribution in [2.75, 3.05) is 20.2 Å². The van der Waals surface area contributed by atoms with Gasteiger partial charge in [0, 0.05) is 11.7 Å². The highest BCUT2D eigenvalue weighted by molar-refractivity contribution is 5.50. The Balaban J connectivity index is 1.66. The zero-order valence-corrected chi connectivity index (χ0v) is 11.6. The van der Waals surface area contributed by atoms with Crippen molar-refractivity contribution in [3.8, 4) is 5.75 Å². The van der Waals surface area contributed by atoms with E-state index in [-0.39, 0.29) is 0 Å². The van der Waals surface area contributed by atoms with Crippen LogP contribution < -0.4 is 4.74 Å². The van der Waals surface area contributed by atoms with Gasteiger partial charge in [-0.3, -0.25) is 9.88 Å². The smallest absolute Gasteiger partial charge is 0.137 e. The van der Waals surface area contributed by atoms with E-state index in [1.165, 1.54) is 45.2 Å². The summed E-state index contributed by atoms with van der Waals surface area (Å²) >= 11 is 0. The monoisotopic (exact) mass is 258 g/mol. The quantitative estimate of drug-likeness (QED) is 0.829. The Labute approximate surface area is 115 Å². The van der Waals surface area contributed by atoms with Crippen LogP contribution in [-0.4, -0.2) is 35.6 Å². The van der Waals surface area contributed by atoms with E-state index < -0.39 is 0 Å². The lowest BCUT2D eigenvalue weighted by Crippen LogP contribution is -2.37. The highest BCUT2D eigenvalue weighted by atomic mass is 16.5. The van der Waals surface area contributed by atoms with Crippen LogP contribution in [0.3, 0.4) is 0 Å². The second-order valence-electron chi connectivity index (χ2n) is 5.68. The van der Waals surface area contributed by atoms with Crippen LogP contribution in [-0.2, 0) is 0 Å². The first-order valence-corrected chi connectivity index (χ1v) is 7.23. The van der Waals surface area contributed by atoms with E-state index in [1.54, 1.807) is 13.3 Å². The third-order valence-corrected chi connectivity index (χ3v) is 4.59. The molecule has 2 aliphatic rings. The number of pyridine rings is 1. The average Bonchev–Trinajstić information content (AvgIpc) is 2.98. The van der Waals surface area contributed by atoms with E-state index in [1.807, 2.05) is 12.3 Å². The summed E-state index contributed by atoms with van der Waals surface area (Å²) in [6.07, 6.45) is 14.8. The molecule has 0 saturated carbocycles. The fraction of sp³-hybridized carbons (Fsp3) is 0.562. The van der Waals surface area contributed by atoms with Gasteiger partial charge in [-0.05, 0) is 56.8 Å². The Morgan fingerprint density at radius 1 is 1.32 bits per heavy atom. The van der Waals surface area contributed by atoms with Crippen LogP contribution in [0.5, 0.6) is 5.75 Å². The van der Waals surface area contributed by atoms with Crippen molar-refractivity contribution in [3.63, 3.8) is 0 Å². The summed E-state index contributed by atoms with van der Waals surface area (Å²) in [5.74, 6) is 0.823. The molecular formula is C16H22N2O. The zero-order valence-electron chi connectivity index (χ0n) is 11.6. The summed E-state index contributed by atoms with van der Waals surface area (Å²) in [5, 5.41) is 0. The second kappa shape index (κ2) is 5.33. The van der Waals surface area contributed by atoms with Gasteiger partial charge in [0.1, 0.15) is 5.75 Å². The maximum Gasteiger partial charge on any atom is 0.137 e. The molecule has 3 rings (SSSR count). The van der Waals surface area contributed by atoms with Gasteiger partial charge < -0.3 is 4.74 Å². The van der Waals surface area contributed by atoms with Crippen LogP contribution in [0.25, 0.3) is 6.08 Å². The van der Waals surface area contributed by atoms with Crippen molar-refractivity contribution in [2.24, 2.45) is 0 Å². The minimum absolute atomic E-state index is 0.475. The summed E-state index contributed by atoms with van der Waals surface area (Å²) in [7, 11) is 1.68. The first kappa shape index (κ1) is 12.7. The molecule has 19 heavy (non-hydrogen) atoms. The maximum absolute atomic E-state index is 5.20. The Hall–Kier alpha value is -1.35. The molecule has 3 nitrogen and oxygen atoms in total. The van der Waals surface area contributed by atoms with Crippen molar-refractivity contribution in [1.29, 1.82) is 0 Å². The molecule has 2 aliphatic heterocycles. The maximum atomic E-state index is 5.20. The third kappa shape index (κ3) is 2.52. The topological polar surface area (TPSA) is 25.4 Å². The third-order valence-electron chi connectivity index (χ3n) is 4.59. The van der Waals surface area contributed by atoms with Crippen molar-refractivity contribution >= 4 is 6.08 Å². The molecule has 1 aromatic rings. The van der Waals surface area contributed by atoms with E-state index in [2.05, 4.69) is 22.0 Å². The van der Waals surface area contributed by atoms with E-state index >= 15 is 0 Å². The van der Waals surface area contributed by atoms with Crippen LogP contribution in [0.4, 0.5) is 0 Å². The first-order valence-electron chi connectivity index (χ1n) is 7.23. The van der Waals surface area contributed by atoms with Crippen LogP contribution in [0, 0.1) is 0 Å². The largest absolute Gasteiger partial charge is 0.495 e. The SMILES string of the molecule is COc1cncc(C=CCC23CCCN2CCC3)c1. The van der Waals surface area contributed by atoms with Crippen molar-refractivity contribution in [1.82, 2.24) is 9.88 Å². The Kier molecular flexibility index (Phi) is 3.56. The van der Waals surface area contributed by atoms with Crippen LogP contribution in [0.2, 0.25) is 0 Å². The minimum Gasteiger partial charge on any atom is -0.495 e. The normalized spacial score (nSPS) is 21.9. The number of ether oxygens (including phenoxy) is 1. The molecule has 0 aliphatic carbocycles. The second-order valence-corrected chi connectivity index (χ2v) is 5.68. The van der Waals surface area contributed by atoms with E-state index in [9.17, 15) is 0 Å². The zero-order chi connectivity index (χ0) is 13.1. The van der Waals surface area contributed by atoms with Gasteiger partial charge in [-0.1, -0.05) is 12.2 Å². The van der Waals surface area contributed by atoms with Gasteiger partial charge in [-0.15, -0.1) is 0 Å². The molecule has 0 spiro atoms. The summed E-state index contributed by atoms with van der Waals surface area (Å²) in [5.41, 5.74) is 1.60. The number of aromatic nitrogens is 1. The average molecular weight is 258 g/mol. The highest BCUT2D eigenvalue weighted by Gasteiger charge is 2.42. The fourth-order valence-electron chi connectivity index (χ4n) is 3.61. The number of fused-ring (bicyclic) bond motifs is 1. The molecule has 0 amide bonds. The van der Waals surface area contributed by atoms with E-state index in [0.29, 0.717) is 5.54 Å². The summed E-state index contributed by atoms with van der Waals surface area (Å²) in [4.78, 5) is 6.88. The summed E-state index contributed by atoms with van der Waals surface area (Å²) in [6, 6.07) is 2.03. The van der Waals surface area contributed by atoms with Gasteiger partial charge in [0.15, 0.2) is 0 Å². The molecule has 3 heteroatoms. The molecule has 102 valence electrons. The summed E-state index contributed by atoms with van der Waals surface area (Å²) in [6.45, 7) is 2.60. The molecule has 0 radical (unpaired) electrons. The Bertz CT molecular complexity index is 460. The van der Waals surface area contributed by atoms with Crippen LogP contribution >= 0.6 is 0 Å². The van der Waals surface area contributed by atoms with E-state index in [0.717, 1.165) is 11.3 Å². The van der Waals surface area contributed by atoms with Gasteiger partial charge in [0.05, 0.1) is 13.3 Å². The van der Waals surface area contributed by atoms with E-state index in [4.69, 9.17) is 4.74 Å². The Morgan fingerprint density at radius 2 is 2.11 bits per heavy atom. The van der Waals surface area contributed by atoms with Gasteiger partial charge in [-0.2, -0.15) is 0 Å². The lowest BCUT2D eigenvalue weighted by Gasteiger charge is -2.30. The number of hydrogen-bond acceptors (Lipinski definition) is 3. The molecule has 0 unspecified atom stereocenters. The molecule has 2 fully saturated rings. The molecule has 0 bridgehead atoms. The van der Waals surface area contributed by atoms with Crippen LogP contribution in [0.15, 0.2) is 24.5 Å².